The molecule has 0 spiro atoms. The first-order chi connectivity index (χ1) is 9.72. The van der Waals surface area contributed by atoms with Crippen molar-refractivity contribution in [3.05, 3.63) is 36.4 Å². The highest BCUT2D eigenvalue weighted by Gasteiger charge is 2.15. The van der Waals surface area contributed by atoms with Gasteiger partial charge in [-0.05, 0) is 13.0 Å². The second-order valence-corrected chi connectivity index (χ2v) is 4.51. The number of hydrogen-bond acceptors (Lipinski definition) is 4. The van der Waals surface area contributed by atoms with Gasteiger partial charge in [-0.25, -0.2) is 4.98 Å². The van der Waals surface area contributed by atoms with E-state index in [-0.39, 0.29) is 6.04 Å². The van der Waals surface area contributed by atoms with Gasteiger partial charge >= 0.3 is 0 Å². The summed E-state index contributed by atoms with van der Waals surface area (Å²) in [6.45, 7) is 2.04. The standard InChI is InChI=1S/C14H16N4O2/c1-9(18-6-4-5-15-18)14-16-10-7-12(19-2)13(20-3)8-11(10)17-14/h4-9H,1-3H3,(H,16,17). The summed E-state index contributed by atoms with van der Waals surface area (Å²) in [4.78, 5) is 7.90. The van der Waals surface area contributed by atoms with E-state index in [1.807, 2.05) is 36.0 Å². The molecule has 1 N–H and O–H groups in total. The molecule has 104 valence electrons. The molecule has 0 saturated heterocycles. The third-order valence-corrected chi connectivity index (χ3v) is 3.32. The first-order valence-corrected chi connectivity index (χ1v) is 6.33. The summed E-state index contributed by atoms with van der Waals surface area (Å²) in [6, 6.07) is 5.68. The van der Waals surface area contributed by atoms with Crippen LogP contribution in [0.3, 0.4) is 0 Å². The quantitative estimate of drug-likeness (QED) is 0.792. The molecule has 6 nitrogen and oxygen atoms in total. The fourth-order valence-corrected chi connectivity index (χ4v) is 2.19. The predicted octanol–water partition coefficient (Wildman–Crippen LogP) is 2.39. The SMILES string of the molecule is COc1cc2nc(C(C)n3cccn3)[nH]c2cc1OC. The van der Waals surface area contributed by atoms with Crippen molar-refractivity contribution in [3.63, 3.8) is 0 Å². The van der Waals surface area contributed by atoms with Crippen LogP contribution in [0.5, 0.6) is 11.5 Å². The second-order valence-electron chi connectivity index (χ2n) is 4.51. The molecule has 1 aromatic carbocycles. The minimum atomic E-state index is 0.0365. The Morgan fingerprint density at radius 3 is 2.60 bits per heavy atom. The normalized spacial score (nSPS) is 12.6. The number of rotatable bonds is 4. The summed E-state index contributed by atoms with van der Waals surface area (Å²) in [5, 5.41) is 4.24. The van der Waals surface area contributed by atoms with Gasteiger partial charge in [-0.1, -0.05) is 0 Å². The molecule has 0 fully saturated rings. The first-order valence-electron chi connectivity index (χ1n) is 6.33. The molecule has 2 aromatic heterocycles. The van der Waals surface area contributed by atoms with Gasteiger partial charge in [0, 0.05) is 24.5 Å². The number of fused-ring (bicyclic) bond motifs is 1. The molecule has 0 aliphatic carbocycles. The van der Waals surface area contributed by atoms with E-state index in [4.69, 9.17) is 9.47 Å². The van der Waals surface area contributed by atoms with Crippen molar-refractivity contribution >= 4 is 11.0 Å². The van der Waals surface area contributed by atoms with Gasteiger partial charge in [0.2, 0.25) is 0 Å². The summed E-state index contributed by atoms with van der Waals surface area (Å²) in [6.07, 6.45) is 3.67. The monoisotopic (exact) mass is 272 g/mol. The van der Waals surface area contributed by atoms with Gasteiger partial charge < -0.3 is 14.5 Å². The molecule has 0 bridgehead atoms. The average Bonchev–Trinajstić information content (AvgIpc) is 3.13. The number of ether oxygens (including phenoxy) is 2. The van der Waals surface area contributed by atoms with Crippen LogP contribution < -0.4 is 9.47 Å². The van der Waals surface area contributed by atoms with Crippen LogP contribution in [0.15, 0.2) is 30.6 Å². The van der Waals surface area contributed by atoms with Gasteiger partial charge in [0.1, 0.15) is 11.9 Å². The molecule has 1 unspecified atom stereocenters. The van der Waals surface area contributed by atoms with E-state index in [0.29, 0.717) is 11.5 Å². The van der Waals surface area contributed by atoms with Gasteiger partial charge in [-0.3, -0.25) is 4.68 Å². The molecule has 3 aromatic rings. The topological polar surface area (TPSA) is 65.0 Å². The third kappa shape index (κ3) is 1.99. The number of nitrogens with zero attached hydrogens (tertiary/aromatic N) is 3. The molecular formula is C14H16N4O2. The molecule has 0 saturated carbocycles. The summed E-state index contributed by atoms with van der Waals surface area (Å²) in [7, 11) is 3.23. The fraction of sp³-hybridized carbons (Fsp3) is 0.286. The van der Waals surface area contributed by atoms with Crippen molar-refractivity contribution in [1.82, 2.24) is 19.7 Å². The predicted molar refractivity (Wildman–Crippen MR) is 75.2 cm³/mol. The van der Waals surface area contributed by atoms with Crippen molar-refractivity contribution in [2.24, 2.45) is 0 Å². The number of imidazole rings is 1. The molecule has 1 atom stereocenters. The molecule has 0 amide bonds. The van der Waals surface area contributed by atoms with Crippen molar-refractivity contribution in [3.8, 4) is 11.5 Å². The number of methoxy groups -OCH3 is 2. The van der Waals surface area contributed by atoms with Gasteiger partial charge in [-0.2, -0.15) is 5.10 Å². The summed E-state index contributed by atoms with van der Waals surface area (Å²) >= 11 is 0. The fourth-order valence-electron chi connectivity index (χ4n) is 2.19. The van der Waals surface area contributed by atoms with Crippen LogP contribution in [0.2, 0.25) is 0 Å². The molecule has 3 rings (SSSR count). The van der Waals surface area contributed by atoms with Crippen LogP contribution in [-0.2, 0) is 0 Å². The molecule has 6 heteroatoms. The Hall–Kier alpha value is -2.50. The van der Waals surface area contributed by atoms with Crippen LogP contribution in [0.4, 0.5) is 0 Å². The summed E-state index contributed by atoms with van der Waals surface area (Å²) in [5.74, 6) is 2.20. The van der Waals surface area contributed by atoms with E-state index in [1.54, 1.807) is 20.4 Å². The van der Waals surface area contributed by atoms with Crippen molar-refractivity contribution in [1.29, 1.82) is 0 Å². The van der Waals surface area contributed by atoms with E-state index in [1.165, 1.54) is 0 Å². The molecule has 0 aliphatic heterocycles. The summed E-state index contributed by atoms with van der Waals surface area (Å²) in [5.41, 5.74) is 1.76. The second kappa shape index (κ2) is 4.88. The Balaban J connectivity index is 2.06. The minimum absolute atomic E-state index is 0.0365. The Kier molecular flexibility index (Phi) is 3.06. The van der Waals surface area contributed by atoms with Crippen LogP contribution in [-0.4, -0.2) is 34.0 Å². The van der Waals surface area contributed by atoms with Gasteiger partial charge in [0.25, 0.3) is 0 Å². The molecular weight excluding hydrogens is 256 g/mol. The number of H-pyrrole nitrogens is 1. The lowest BCUT2D eigenvalue weighted by atomic mass is 10.3. The van der Waals surface area contributed by atoms with E-state index >= 15 is 0 Å². The highest BCUT2D eigenvalue weighted by atomic mass is 16.5. The maximum Gasteiger partial charge on any atom is 0.163 e. The minimum Gasteiger partial charge on any atom is -0.493 e. The van der Waals surface area contributed by atoms with E-state index in [2.05, 4.69) is 15.1 Å². The highest BCUT2D eigenvalue weighted by molar-refractivity contribution is 5.79. The lowest BCUT2D eigenvalue weighted by Gasteiger charge is -2.08. The average molecular weight is 272 g/mol. The summed E-state index contributed by atoms with van der Waals surface area (Å²) < 4.78 is 12.4. The Morgan fingerprint density at radius 1 is 1.20 bits per heavy atom. The smallest absolute Gasteiger partial charge is 0.163 e. The largest absolute Gasteiger partial charge is 0.493 e. The molecule has 20 heavy (non-hydrogen) atoms. The van der Waals surface area contributed by atoms with Gasteiger partial charge in [0.15, 0.2) is 11.5 Å². The number of benzene rings is 1. The van der Waals surface area contributed by atoms with E-state index < -0.39 is 0 Å². The zero-order valence-corrected chi connectivity index (χ0v) is 11.6. The zero-order chi connectivity index (χ0) is 14.1. The lowest BCUT2D eigenvalue weighted by molar-refractivity contribution is 0.356. The van der Waals surface area contributed by atoms with Gasteiger partial charge in [0.05, 0.1) is 25.3 Å². The van der Waals surface area contributed by atoms with Crippen LogP contribution in [0.1, 0.15) is 18.8 Å². The zero-order valence-electron chi connectivity index (χ0n) is 11.6. The lowest BCUT2D eigenvalue weighted by Crippen LogP contribution is -2.08. The van der Waals surface area contributed by atoms with Crippen LogP contribution in [0, 0.1) is 0 Å². The van der Waals surface area contributed by atoms with E-state index in [9.17, 15) is 0 Å². The Labute approximate surface area is 116 Å². The van der Waals surface area contributed by atoms with E-state index in [0.717, 1.165) is 16.9 Å². The number of nitrogens with one attached hydrogen (secondary N) is 1. The molecule has 0 radical (unpaired) electrons. The first kappa shape index (κ1) is 12.5. The van der Waals surface area contributed by atoms with Crippen molar-refractivity contribution < 1.29 is 9.47 Å². The Morgan fingerprint density at radius 2 is 1.95 bits per heavy atom. The van der Waals surface area contributed by atoms with Crippen LogP contribution in [0.25, 0.3) is 11.0 Å². The highest BCUT2D eigenvalue weighted by Crippen LogP contribution is 2.31. The van der Waals surface area contributed by atoms with Crippen molar-refractivity contribution in [2.75, 3.05) is 14.2 Å². The van der Waals surface area contributed by atoms with Crippen molar-refractivity contribution in [2.45, 2.75) is 13.0 Å². The number of aromatic nitrogens is 4. The number of aromatic amines is 1. The third-order valence-electron chi connectivity index (χ3n) is 3.32. The van der Waals surface area contributed by atoms with Crippen LogP contribution >= 0.6 is 0 Å². The maximum atomic E-state index is 5.30. The molecule has 0 aliphatic rings. The maximum absolute atomic E-state index is 5.30. The number of hydrogen-bond donors (Lipinski definition) is 1. The van der Waals surface area contributed by atoms with Gasteiger partial charge in [-0.15, -0.1) is 0 Å². The Bertz CT molecular complexity index is 677. The molecule has 2 heterocycles.